The Bertz CT molecular complexity index is 1120. The molecule has 0 unspecified atom stereocenters. The van der Waals surface area contributed by atoms with E-state index in [-0.39, 0.29) is 42.3 Å². The topological polar surface area (TPSA) is 75.1 Å². The third-order valence-corrected chi connectivity index (χ3v) is 7.12. The maximum atomic E-state index is 13.6. The maximum Gasteiger partial charge on any atom is 0.259 e. The van der Waals surface area contributed by atoms with E-state index in [2.05, 4.69) is 35.7 Å². The summed E-state index contributed by atoms with van der Waals surface area (Å²) in [5, 5.41) is 9.87. The van der Waals surface area contributed by atoms with Gasteiger partial charge in [0.15, 0.2) is 0 Å². The number of likely N-dealkylation sites (N-methyl/N-ethyl adjacent to an activating group) is 1. The van der Waals surface area contributed by atoms with E-state index in [4.69, 9.17) is 9.47 Å². The molecule has 1 aromatic carbocycles. The van der Waals surface area contributed by atoms with E-state index in [0.717, 1.165) is 32.6 Å². The number of ether oxygens (including phenoxy) is 2. The molecule has 2 aliphatic rings. The van der Waals surface area contributed by atoms with E-state index in [1.807, 2.05) is 6.92 Å². The SMILES string of the molecule is C[C@H](CO)N1C[C@H](C)[C@@H](CN(C)CC2CCOCC2)Oc2ncc(C#Cc3ccc(F)cc3)cc2C1=O. The summed E-state index contributed by atoms with van der Waals surface area (Å²) < 4.78 is 25.1. The third-order valence-electron chi connectivity index (χ3n) is 7.12. The summed E-state index contributed by atoms with van der Waals surface area (Å²) in [6, 6.07) is 7.26. The van der Waals surface area contributed by atoms with Gasteiger partial charge in [0, 0.05) is 56.1 Å². The van der Waals surface area contributed by atoms with E-state index in [1.54, 1.807) is 29.3 Å². The number of aliphatic hydroxyl groups is 1. The zero-order valence-corrected chi connectivity index (χ0v) is 21.8. The molecule has 1 saturated heterocycles. The van der Waals surface area contributed by atoms with Crippen molar-refractivity contribution in [2.24, 2.45) is 11.8 Å². The molecule has 0 saturated carbocycles. The zero-order valence-electron chi connectivity index (χ0n) is 21.8. The Morgan fingerprint density at radius 1 is 1.19 bits per heavy atom. The summed E-state index contributed by atoms with van der Waals surface area (Å²) in [6.45, 7) is 7.52. The minimum atomic E-state index is -0.351. The smallest absolute Gasteiger partial charge is 0.259 e. The Kier molecular flexibility index (Phi) is 9.14. The largest absolute Gasteiger partial charge is 0.472 e. The van der Waals surface area contributed by atoms with Crippen LogP contribution in [0.2, 0.25) is 0 Å². The van der Waals surface area contributed by atoms with Crippen molar-refractivity contribution in [1.29, 1.82) is 0 Å². The molecule has 0 bridgehead atoms. The van der Waals surface area contributed by atoms with Gasteiger partial charge in [-0.2, -0.15) is 0 Å². The predicted octanol–water partition coefficient (Wildman–Crippen LogP) is 3.20. The number of hydrogen-bond acceptors (Lipinski definition) is 6. The molecule has 1 amide bonds. The highest BCUT2D eigenvalue weighted by molar-refractivity contribution is 5.97. The lowest BCUT2D eigenvalue weighted by molar-refractivity contribution is 0.0254. The second kappa shape index (κ2) is 12.5. The molecule has 37 heavy (non-hydrogen) atoms. The Balaban J connectivity index is 1.59. The zero-order chi connectivity index (χ0) is 26.4. The van der Waals surface area contributed by atoms with Gasteiger partial charge in [0.05, 0.1) is 12.6 Å². The lowest BCUT2D eigenvalue weighted by Gasteiger charge is -2.38. The first kappa shape index (κ1) is 27.1. The van der Waals surface area contributed by atoms with Crippen molar-refractivity contribution in [1.82, 2.24) is 14.8 Å². The molecule has 0 spiro atoms. The van der Waals surface area contributed by atoms with E-state index >= 15 is 0 Å². The minimum absolute atomic E-state index is 0.0305. The van der Waals surface area contributed by atoms with Crippen LogP contribution >= 0.6 is 0 Å². The monoisotopic (exact) mass is 509 g/mol. The number of benzene rings is 1. The van der Waals surface area contributed by atoms with Gasteiger partial charge in [-0.1, -0.05) is 18.8 Å². The Hall–Kier alpha value is -2.99. The van der Waals surface area contributed by atoms with Crippen molar-refractivity contribution in [3.05, 3.63) is 59.0 Å². The summed E-state index contributed by atoms with van der Waals surface area (Å²) in [7, 11) is 2.10. The van der Waals surface area contributed by atoms with Gasteiger partial charge < -0.3 is 24.4 Å². The predicted molar refractivity (Wildman–Crippen MR) is 139 cm³/mol. The number of aliphatic hydroxyl groups excluding tert-OH is 1. The second-order valence-corrected chi connectivity index (χ2v) is 10.2. The fourth-order valence-corrected chi connectivity index (χ4v) is 4.82. The first-order valence-electron chi connectivity index (χ1n) is 13.0. The summed E-state index contributed by atoms with van der Waals surface area (Å²) in [6.07, 6.45) is 3.54. The molecule has 1 fully saturated rings. The molecule has 2 aliphatic heterocycles. The van der Waals surface area contributed by atoms with Crippen molar-refractivity contribution in [2.45, 2.75) is 38.8 Å². The van der Waals surface area contributed by atoms with Crippen LogP contribution in [0.1, 0.15) is 48.2 Å². The van der Waals surface area contributed by atoms with Crippen LogP contribution in [0, 0.1) is 29.5 Å². The average molecular weight is 510 g/mol. The van der Waals surface area contributed by atoms with Crippen LogP contribution in [0.25, 0.3) is 0 Å². The van der Waals surface area contributed by atoms with Gasteiger partial charge in [-0.3, -0.25) is 4.79 Å². The standard InChI is InChI=1S/C29H36FN3O4/c1-20-16-33(21(2)19-34)29(35)26-14-24(5-4-22-6-8-25(30)9-7-22)15-31-28(26)37-27(20)18-32(3)17-23-10-12-36-13-11-23/h6-9,14-15,20-21,23,27,34H,10-13,16-19H2,1-3H3/t20-,21+,27+/m0/s1. The number of carbonyl (C=O) groups is 1. The van der Waals surface area contributed by atoms with Gasteiger partial charge in [0.1, 0.15) is 17.5 Å². The quantitative estimate of drug-likeness (QED) is 0.603. The number of amides is 1. The van der Waals surface area contributed by atoms with Crippen LogP contribution in [0.5, 0.6) is 5.88 Å². The molecule has 2 aromatic rings. The maximum absolute atomic E-state index is 13.6. The molecule has 3 atom stereocenters. The molecule has 0 radical (unpaired) electrons. The molecule has 198 valence electrons. The van der Waals surface area contributed by atoms with Crippen molar-refractivity contribution in [3.8, 4) is 17.7 Å². The molecule has 1 aromatic heterocycles. The van der Waals surface area contributed by atoms with Gasteiger partial charge >= 0.3 is 0 Å². The second-order valence-electron chi connectivity index (χ2n) is 10.2. The number of nitrogens with zero attached hydrogens (tertiary/aromatic N) is 3. The summed E-state index contributed by atoms with van der Waals surface area (Å²) >= 11 is 0. The van der Waals surface area contributed by atoms with Crippen LogP contribution in [0.15, 0.2) is 36.5 Å². The third kappa shape index (κ3) is 7.07. The normalized spacial score (nSPS) is 21.4. The summed E-state index contributed by atoms with van der Waals surface area (Å²) in [5.74, 6) is 6.35. The van der Waals surface area contributed by atoms with E-state index < -0.39 is 0 Å². The van der Waals surface area contributed by atoms with Gasteiger partial charge in [-0.05, 0) is 63.1 Å². The Morgan fingerprint density at radius 3 is 2.59 bits per heavy atom. The molecule has 1 N–H and O–H groups in total. The molecule has 0 aliphatic carbocycles. The molecular formula is C29H36FN3O4. The van der Waals surface area contributed by atoms with Crippen LogP contribution in [0.3, 0.4) is 0 Å². The van der Waals surface area contributed by atoms with Gasteiger partial charge in [-0.25, -0.2) is 9.37 Å². The number of pyridine rings is 1. The van der Waals surface area contributed by atoms with Crippen LogP contribution in [0.4, 0.5) is 4.39 Å². The molecule has 7 nitrogen and oxygen atoms in total. The van der Waals surface area contributed by atoms with Crippen LogP contribution < -0.4 is 4.74 Å². The first-order chi connectivity index (χ1) is 17.8. The van der Waals surface area contributed by atoms with Crippen molar-refractivity contribution < 1.29 is 23.8 Å². The average Bonchev–Trinajstić information content (AvgIpc) is 2.90. The fraction of sp³-hybridized carbons (Fsp3) is 0.517. The van der Waals surface area contributed by atoms with Crippen molar-refractivity contribution >= 4 is 5.91 Å². The van der Waals surface area contributed by atoms with E-state index in [0.29, 0.717) is 35.7 Å². The van der Waals surface area contributed by atoms with Gasteiger partial charge in [0.2, 0.25) is 5.88 Å². The van der Waals surface area contributed by atoms with Crippen LogP contribution in [-0.4, -0.2) is 84.4 Å². The van der Waals surface area contributed by atoms with Crippen LogP contribution in [-0.2, 0) is 4.74 Å². The molecule has 8 heteroatoms. The van der Waals surface area contributed by atoms with E-state index in [9.17, 15) is 14.3 Å². The molecular weight excluding hydrogens is 473 g/mol. The summed E-state index contributed by atoms with van der Waals surface area (Å²) in [5.41, 5.74) is 1.54. The van der Waals surface area contributed by atoms with Crippen molar-refractivity contribution in [3.63, 3.8) is 0 Å². The minimum Gasteiger partial charge on any atom is -0.472 e. The number of halogens is 1. The van der Waals surface area contributed by atoms with E-state index in [1.165, 1.54) is 12.1 Å². The Morgan fingerprint density at radius 2 is 1.89 bits per heavy atom. The first-order valence-corrected chi connectivity index (χ1v) is 13.0. The number of rotatable bonds is 6. The highest BCUT2D eigenvalue weighted by Gasteiger charge is 2.34. The fourth-order valence-electron chi connectivity index (χ4n) is 4.82. The number of fused-ring (bicyclic) bond motifs is 1. The highest BCUT2D eigenvalue weighted by atomic mass is 19.1. The number of carbonyl (C=O) groups excluding carboxylic acids is 1. The molecule has 3 heterocycles. The van der Waals surface area contributed by atoms with Gasteiger partial charge in [0.25, 0.3) is 5.91 Å². The highest BCUT2D eigenvalue weighted by Crippen LogP contribution is 2.27. The lowest BCUT2D eigenvalue weighted by atomic mass is 9.97. The summed E-state index contributed by atoms with van der Waals surface area (Å²) in [4.78, 5) is 22.1. The number of aromatic nitrogens is 1. The van der Waals surface area contributed by atoms with Gasteiger partial charge in [-0.15, -0.1) is 0 Å². The molecule has 4 rings (SSSR count). The number of hydrogen-bond donors (Lipinski definition) is 1. The Labute approximate surface area is 218 Å². The lowest BCUT2D eigenvalue weighted by Crippen LogP contribution is -2.50. The van der Waals surface area contributed by atoms with Crippen molar-refractivity contribution in [2.75, 3.05) is 46.5 Å².